The molecule has 116 valence electrons. The summed E-state index contributed by atoms with van der Waals surface area (Å²) in [5.74, 6) is 0.890. The van der Waals surface area contributed by atoms with E-state index in [1.807, 2.05) is 24.3 Å². The second kappa shape index (κ2) is 7.11. The fraction of sp³-hybridized carbons (Fsp3) is 0.625. The van der Waals surface area contributed by atoms with Crippen molar-refractivity contribution in [2.24, 2.45) is 0 Å². The minimum Gasteiger partial charge on any atom is -0.490 e. The minimum absolute atomic E-state index is 0.227. The summed E-state index contributed by atoms with van der Waals surface area (Å²) >= 11 is 0. The number of aliphatic hydroxyl groups is 1. The van der Waals surface area contributed by atoms with Crippen molar-refractivity contribution in [1.82, 2.24) is 0 Å². The Kier molecular flexibility index (Phi) is 4.95. The van der Waals surface area contributed by atoms with E-state index >= 15 is 0 Å². The van der Waals surface area contributed by atoms with Crippen molar-refractivity contribution in [3.63, 3.8) is 0 Å². The zero-order valence-corrected chi connectivity index (χ0v) is 12.2. The third-order valence-corrected chi connectivity index (χ3v) is 3.95. The van der Waals surface area contributed by atoms with E-state index in [0.29, 0.717) is 19.8 Å². The van der Waals surface area contributed by atoms with Crippen LogP contribution in [0.2, 0.25) is 0 Å². The quantitative estimate of drug-likeness (QED) is 0.890. The molecule has 1 saturated heterocycles. The van der Waals surface area contributed by atoms with Crippen molar-refractivity contribution in [3.05, 3.63) is 24.3 Å². The highest BCUT2D eigenvalue weighted by Crippen LogP contribution is 2.30. The Morgan fingerprint density at radius 1 is 1.24 bits per heavy atom. The maximum atomic E-state index is 10.2. The van der Waals surface area contributed by atoms with Crippen LogP contribution in [-0.4, -0.2) is 56.8 Å². The maximum absolute atomic E-state index is 10.2. The third-order valence-electron chi connectivity index (χ3n) is 3.95. The summed E-state index contributed by atoms with van der Waals surface area (Å²) in [6.45, 7) is 3.93. The summed E-state index contributed by atoms with van der Waals surface area (Å²) in [6, 6.07) is 7.95. The fourth-order valence-corrected chi connectivity index (χ4v) is 2.81. The van der Waals surface area contributed by atoms with Crippen LogP contribution >= 0.6 is 0 Å². The number of ether oxygens (including phenoxy) is 3. The van der Waals surface area contributed by atoms with Crippen molar-refractivity contribution < 1.29 is 19.3 Å². The minimum atomic E-state index is -0.487. The van der Waals surface area contributed by atoms with Crippen LogP contribution in [0.5, 0.6) is 5.75 Å². The summed E-state index contributed by atoms with van der Waals surface area (Å²) in [4.78, 5) is 2.16. The van der Waals surface area contributed by atoms with Gasteiger partial charge in [-0.25, -0.2) is 0 Å². The highest BCUT2D eigenvalue weighted by atomic mass is 16.5. The molecule has 1 N–H and O–H groups in total. The molecule has 5 heteroatoms. The monoisotopic (exact) mass is 293 g/mol. The SMILES string of the molecule is OC(COC1CCOCC1)CN1CCOc2ccccc21. The number of anilines is 1. The van der Waals surface area contributed by atoms with Crippen molar-refractivity contribution >= 4 is 5.69 Å². The number of rotatable bonds is 5. The molecule has 2 aliphatic rings. The Labute approximate surface area is 125 Å². The van der Waals surface area contributed by atoms with Gasteiger partial charge in [0.1, 0.15) is 12.4 Å². The number of benzene rings is 1. The van der Waals surface area contributed by atoms with Crippen LogP contribution in [0.3, 0.4) is 0 Å². The van der Waals surface area contributed by atoms with Gasteiger partial charge in [0.2, 0.25) is 0 Å². The van der Waals surface area contributed by atoms with Gasteiger partial charge in [0.05, 0.1) is 31.0 Å². The molecule has 0 aromatic heterocycles. The van der Waals surface area contributed by atoms with Crippen LogP contribution in [0.25, 0.3) is 0 Å². The summed E-state index contributed by atoms with van der Waals surface area (Å²) in [5.41, 5.74) is 1.05. The van der Waals surface area contributed by atoms with Crippen LogP contribution < -0.4 is 9.64 Å². The first-order chi connectivity index (χ1) is 10.3. The van der Waals surface area contributed by atoms with E-state index in [2.05, 4.69) is 4.90 Å². The maximum Gasteiger partial charge on any atom is 0.142 e. The van der Waals surface area contributed by atoms with Crippen molar-refractivity contribution in [2.45, 2.75) is 25.0 Å². The van der Waals surface area contributed by atoms with Gasteiger partial charge in [0.15, 0.2) is 0 Å². The highest BCUT2D eigenvalue weighted by Gasteiger charge is 2.21. The van der Waals surface area contributed by atoms with Crippen LogP contribution in [0.4, 0.5) is 5.69 Å². The van der Waals surface area contributed by atoms with Crippen LogP contribution in [0, 0.1) is 0 Å². The predicted molar refractivity (Wildman–Crippen MR) is 79.9 cm³/mol. The van der Waals surface area contributed by atoms with Crippen LogP contribution in [0.1, 0.15) is 12.8 Å². The summed E-state index contributed by atoms with van der Waals surface area (Å²) in [5, 5.41) is 10.2. The molecule has 1 unspecified atom stereocenters. The average molecular weight is 293 g/mol. The lowest BCUT2D eigenvalue weighted by Gasteiger charge is -2.33. The molecule has 1 fully saturated rings. The normalized spacial score (nSPS) is 20.7. The Morgan fingerprint density at radius 3 is 2.90 bits per heavy atom. The Balaban J connectivity index is 1.49. The molecule has 0 bridgehead atoms. The lowest BCUT2D eigenvalue weighted by molar-refractivity contribution is -0.0576. The standard InChI is InChI=1S/C16H23NO4/c18-13(12-21-14-5-8-19-9-6-14)11-17-7-10-20-16-4-2-1-3-15(16)17/h1-4,13-14,18H,5-12H2. The number of aliphatic hydroxyl groups excluding tert-OH is 1. The van der Waals surface area contributed by atoms with Gasteiger partial charge in [-0.05, 0) is 25.0 Å². The van der Waals surface area contributed by atoms with Gasteiger partial charge < -0.3 is 24.2 Å². The lowest BCUT2D eigenvalue weighted by Crippen LogP contribution is -2.40. The second-order valence-electron chi connectivity index (χ2n) is 5.56. The first-order valence-electron chi connectivity index (χ1n) is 7.67. The van der Waals surface area contributed by atoms with E-state index in [1.165, 1.54) is 0 Å². The van der Waals surface area contributed by atoms with Gasteiger partial charge in [0.25, 0.3) is 0 Å². The van der Waals surface area contributed by atoms with Crippen molar-refractivity contribution in [1.29, 1.82) is 0 Å². The van der Waals surface area contributed by atoms with E-state index in [0.717, 1.165) is 44.0 Å². The van der Waals surface area contributed by atoms with Gasteiger partial charge in [-0.15, -0.1) is 0 Å². The number of fused-ring (bicyclic) bond motifs is 1. The molecule has 0 amide bonds. The largest absolute Gasteiger partial charge is 0.490 e. The average Bonchev–Trinajstić information content (AvgIpc) is 2.54. The van der Waals surface area contributed by atoms with E-state index in [-0.39, 0.29) is 6.10 Å². The van der Waals surface area contributed by atoms with Gasteiger partial charge in [-0.1, -0.05) is 12.1 Å². The molecule has 0 saturated carbocycles. The van der Waals surface area contributed by atoms with Crippen LogP contribution in [0.15, 0.2) is 24.3 Å². The number of hydrogen-bond acceptors (Lipinski definition) is 5. The topological polar surface area (TPSA) is 51.2 Å². The fourth-order valence-electron chi connectivity index (χ4n) is 2.81. The smallest absolute Gasteiger partial charge is 0.142 e. The molecule has 5 nitrogen and oxygen atoms in total. The summed E-state index contributed by atoms with van der Waals surface area (Å²) < 4.78 is 16.7. The molecule has 0 aliphatic carbocycles. The zero-order chi connectivity index (χ0) is 14.5. The molecular weight excluding hydrogens is 270 g/mol. The molecule has 0 spiro atoms. The van der Waals surface area contributed by atoms with E-state index in [1.54, 1.807) is 0 Å². The number of para-hydroxylation sites is 2. The molecule has 3 rings (SSSR count). The summed E-state index contributed by atoms with van der Waals surface area (Å²) in [7, 11) is 0. The molecule has 21 heavy (non-hydrogen) atoms. The second-order valence-corrected chi connectivity index (χ2v) is 5.56. The van der Waals surface area contributed by atoms with Gasteiger partial charge in [0, 0.05) is 19.8 Å². The molecule has 2 aliphatic heterocycles. The predicted octanol–water partition coefficient (Wildman–Crippen LogP) is 1.44. The molecule has 0 radical (unpaired) electrons. The zero-order valence-electron chi connectivity index (χ0n) is 12.2. The first kappa shape index (κ1) is 14.6. The van der Waals surface area contributed by atoms with Crippen molar-refractivity contribution in [2.75, 3.05) is 44.4 Å². The van der Waals surface area contributed by atoms with Crippen LogP contribution in [-0.2, 0) is 9.47 Å². The third kappa shape index (κ3) is 3.87. The Morgan fingerprint density at radius 2 is 2.05 bits per heavy atom. The number of nitrogens with zero attached hydrogens (tertiary/aromatic N) is 1. The number of β-amino-alcohol motifs (C(OH)–C–C–N with tert-alkyl or cyclic N) is 1. The van der Waals surface area contributed by atoms with E-state index in [4.69, 9.17) is 14.2 Å². The first-order valence-corrected chi connectivity index (χ1v) is 7.67. The molecule has 1 aromatic rings. The molecule has 2 heterocycles. The highest BCUT2D eigenvalue weighted by molar-refractivity contribution is 5.59. The van der Waals surface area contributed by atoms with Gasteiger partial charge in [-0.3, -0.25) is 0 Å². The summed E-state index contributed by atoms with van der Waals surface area (Å²) in [6.07, 6.45) is 1.59. The Hall–Kier alpha value is -1.30. The van der Waals surface area contributed by atoms with E-state index in [9.17, 15) is 5.11 Å². The van der Waals surface area contributed by atoms with Crippen molar-refractivity contribution in [3.8, 4) is 5.75 Å². The molecule has 1 aromatic carbocycles. The number of hydrogen-bond donors (Lipinski definition) is 1. The van der Waals surface area contributed by atoms with Gasteiger partial charge >= 0.3 is 0 Å². The molecular formula is C16H23NO4. The van der Waals surface area contributed by atoms with Gasteiger partial charge in [-0.2, -0.15) is 0 Å². The Bertz CT molecular complexity index is 448. The lowest BCUT2D eigenvalue weighted by atomic mass is 10.1. The van der Waals surface area contributed by atoms with E-state index < -0.39 is 6.10 Å². The molecule has 1 atom stereocenters.